The monoisotopic (exact) mass is 535 g/mol. The fourth-order valence-corrected chi connectivity index (χ4v) is 3.16. The molecule has 0 aliphatic heterocycles. The Kier molecular flexibility index (Phi) is 9.04. The number of rotatable bonds is 5. The van der Waals surface area contributed by atoms with E-state index in [1.165, 1.54) is 11.8 Å². The number of thioether (sulfide) groups is 1. The van der Waals surface area contributed by atoms with Gasteiger partial charge in [-0.1, -0.05) is 55.8 Å². The Balaban J connectivity index is 0.00000288. The number of benzene rings is 2. The minimum atomic E-state index is -0.139. The highest BCUT2D eigenvalue weighted by Gasteiger charge is 2.12. The van der Waals surface area contributed by atoms with Crippen LogP contribution in [0.25, 0.3) is 0 Å². The molecule has 2 aromatic carbocycles. The third-order valence-electron chi connectivity index (χ3n) is 3.06. The molecule has 4 N–H and O–H groups in total. The lowest BCUT2D eigenvalue weighted by atomic mass is 10.1. The SMILES string of the molecule is Br.N=C(N)SCc1cc(Br)ccc1C(=O)NCc1ccc(Br)cc1. The molecule has 0 radical (unpaired) electrons. The summed E-state index contributed by atoms with van der Waals surface area (Å²) < 4.78 is 1.89. The van der Waals surface area contributed by atoms with Gasteiger partial charge in [-0.05, 0) is 41.5 Å². The first-order chi connectivity index (χ1) is 11.0. The number of nitrogens with one attached hydrogen (secondary N) is 2. The molecule has 0 bridgehead atoms. The van der Waals surface area contributed by atoms with Crippen molar-refractivity contribution >= 4 is 71.7 Å². The van der Waals surface area contributed by atoms with Crippen molar-refractivity contribution in [1.82, 2.24) is 5.32 Å². The van der Waals surface area contributed by atoms with Crippen LogP contribution in [0, 0.1) is 5.41 Å². The zero-order chi connectivity index (χ0) is 16.8. The molecule has 0 unspecified atom stereocenters. The Bertz CT molecular complexity index is 723. The average molecular weight is 538 g/mol. The van der Waals surface area contributed by atoms with Gasteiger partial charge in [-0.15, -0.1) is 17.0 Å². The van der Waals surface area contributed by atoms with Crippen molar-refractivity contribution in [2.24, 2.45) is 5.73 Å². The number of halogens is 3. The van der Waals surface area contributed by atoms with E-state index in [0.29, 0.717) is 17.9 Å². The van der Waals surface area contributed by atoms with E-state index in [0.717, 1.165) is 20.1 Å². The first-order valence-corrected chi connectivity index (χ1v) is 9.31. The summed E-state index contributed by atoms with van der Waals surface area (Å²) in [4.78, 5) is 12.4. The van der Waals surface area contributed by atoms with E-state index in [9.17, 15) is 4.79 Å². The predicted molar refractivity (Wildman–Crippen MR) is 113 cm³/mol. The van der Waals surface area contributed by atoms with Crippen LogP contribution >= 0.6 is 60.6 Å². The molecular weight excluding hydrogens is 522 g/mol. The summed E-state index contributed by atoms with van der Waals surface area (Å²) in [6.07, 6.45) is 0. The van der Waals surface area contributed by atoms with Gasteiger partial charge in [0.25, 0.3) is 5.91 Å². The van der Waals surface area contributed by atoms with E-state index in [1.807, 2.05) is 36.4 Å². The minimum Gasteiger partial charge on any atom is -0.379 e. The van der Waals surface area contributed by atoms with Gasteiger partial charge < -0.3 is 11.1 Å². The smallest absolute Gasteiger partial charge is 0.251 e. The quantitative estimate of drug-likeness (QED) is 0.377. The van der Waals surface area contributed by atoms with E-state index in [-0.39, 0.29) is 28.1 Å². The number of carbonyl (C=O) groups excluding carboxylic acids is 1. The standard InChI is InChI=1S/C16H15Br2N3OS.BrH/c17-12-3-1-10(2-4-12)8-21-15(22)14-6-5-13(18)7-11(14)9-23-16(19)20;/h1-7H,8-9H2,(H3,19,20)(H,21,22);1H. The summed E-state index contributed by atoms with van der Waals surface area (Å²) in [5, 5.41) is 10.3. The molecule has 0 spiro atoms. The second kappa shape index (κ2) is 10.2. The normalized spacial score (nSPS) is 9.92. The molecule has 0 aliphatic rings. The molecule has 0 saturated heterocycles. The van der Waals surface area contributed by atoms with Crippen molar-refractivity contribution in [3.63, 3.8) is 0 Å². The molecular formula is C16H16Br3N3OS. The van der Waals surface area contributed by atoms with Gasteiger partial charge in [-0.25, -0.2) is 0 Å². The first-order valence-electron chi connectivity index (χ1n) is 6.73. The summed E-state index contributed by atoms with van der Waals surface area (Å²) in [5.41, 5.74) is 7.84. The highest BCUT2D eigenvalue weighted by Crippen LogP contribution is 2.21. The number of amides is 1. The minimum absolute atomic E-state index is 0. The van der Waals surface area contributed by atoms with Crippen LogP contribution in [-0.4, -0.2) is 11.1 Å². The van der Waals surface area contributed by atoms with Crippen LogP contribution in [0.5, 0.6) is 0 Å². The van der Waals surface area contributed by atoms with E-state index in [2.05, 4.69) is 37.2 Å². The maximum absolute atomic E-state index is 12.4. The fourth-order valence-electron chi connectivity index (χ4n) is 1.94. The Morgan fingerprint density at radius 2 is 1.75 bits per heavy atom. The van der Waals surface area contributed by atoms with Gasteiger partial charge in [-0.3, -0.25) is 10.2 Å². The molecule has 128 valence electrons. The van der Waals surface area contributed by atoms with E-state index >= 15 is 0 Å². The molecule has 4 nitrogen and oxygen atoms in total. The molecule has 8 heteroatoms. The molecule has 24 heavy (non-hydrogen) atoms. The molecule has 0 aromatic heterocycles. The topological polar surface area (TPSA) is 79.0 Å². The maximum Gasteiger partial charge on any atom is 0.251 e. The van der Waals surface area contributed by atoms with Crippen LogP contribution in [-0.2, 0) is 12.3 Å². The molecule has 1 amide bonds. The van der Waals surface area contributed by atoms with Gasteiger partial charge in [0.1, 0.15) is 0 Å². The molecule has 2 aromatic rings. The maximum atomic E-state index is 12.4. The Morgan fingerprint density at radius 1 is 1.12 bits per heavy atom. The molecule has 0 atom stereocenters. The largest absolute Gasteiger partial charge is 0.379 e. The molecule has 2 rings (SSSR count). The molecule has 0 saturated carbocycles. The Morgan fingerprint density at radius 3 is 2.38 bits per heavy atom. The lowest BCUT2D eigenvalue weighted by Crippen LogP contribution is -2.24. The van der Waals surface area contributed by atoms with Gasteiger partial charge in [-0.2, -0.15) is 0 Å². The van der Waals surface area contributed by atoms with Crippen molar-refractivity contribution in [1.29, 1.82) is 5.41 Å². The van der Waals surface area contributed by atoms with Crippen LogP contribution in [0.4, 0.5) is 0 Å². The van der Waals surface area contributed by atoms with E-state index < -0.39 is 0 Å². The van der Waals surface area contributed by atoms with Gasteiger partial charge >= 0.3 is 0 Å². The van der Waals surface area contributed by atoms with Crippen molar-refractivity contribution in [3.05, 3.63) is 68.1 Å². The summed E-state index contributed by atoms with van der Waals surface area (Å²) in [6.45, 7) is 0.460. The third kappa shape index (κ3) is 6.58. The van der Waals surface area contributed by atoms with Crippen molar-refractivity contribution < 1.29 is 4.79 Å². The number of carbonyl (C=O) groups is 1. The third-order valence-corrected chi connectivity index (χ3v) is 4.85. The lowest BCUT2D eigenvalue weighted by Gasteiger charge is -2.11. The average Bonchev–Trinajstić information content (AvgIpc) is 2.52. The van der Waals surface area contributed by atoms with Crippen LogP contribution in [0.2, 0.25) is 0 Å². The number of nitrogens with two attached hydrogens (primary N) is 1. The van der Waals surface area contributed by atoms with Gasteiger partial charge in [0.05, 0.1) is 0 Å². The van der Waals surface area contributed by atoms with Gasteiger partial charge in [0, 0.05) is 26.8 Å². The van der Waals surface area contributed by atoms with Gasteiger partial charge in [0.15, 0.2) is 5.17 Å². The van der Waals surface area contributed by atoms with E-state index in [4.69, 9.17) is 11.1 Å². The fraction of sp³-hybridized carbons (Fsp3) is 0.125. The predicted octanol–water partition coefficient (Wildman–Crippen LogP) is 4.85. The van der Waals surface area contributed by atoms with Crippen molar-refractivity contribution in [2.75, 3.05) is 0 Å². The van der Waals surface area contributed by atoms with Crippen LogP contribution < -0.4 is 11.1 Å². The second-order valence-electron chi connectivity index (χ2n) is 4.76. The lowest BCUT2D eigenvalue weighted by molar-refractivity contribution is 0.0950. The summed E-state index contributed by atoms with van der Waals surface area (Å²) in [6, 6.07) is 13.3. The zero-order valence-corrected chi connectivity index (χ0v) is 18.2. The molecule has 0 heterocycles. The van der Waals surface area contributed by atoms with Crippen molar-refractivity contribution in [3.8, 4) is 0 Å². The summed E-state index contributed by atoms with van der Waals surface area (Å²) in [7, 11) is 0. The highest BCUT2D eigenvalue weighted by molar-refractivity contribution is 9.10. The molecule has 0 fully saturated rings. The first kappa shape index (κ1) is 21.2. The van der Waals surface area contributed by atoms with Crippen LogP contribution in [0.1, 0.15) is 21.5 Å². The van der Waals surface area contributed by atoms with Crippen LogP contribution in [0.15, 0.2) is 51.4 Å². The number of hydrogen-bond acceptors (Lipinski definition) is 3. The Labute approximate surface area is 172 Å². The summed E-state index contributed by atoms with van der Waals surface area (Å²) >= 11 is 7.99. The number of amidine groups is 1. The highest BCUT2D eigenvalue weighted by atomic mass is 79.9. The Hall–Kier alpha value is -0.830. The van der Waals surface area contributed by atoms with Crippen LogP contribution in [0.3, 0.4) is 0 Å². The summed E-state index contributed by atoms with van der Waals surface area (Å²) in [5.74, 6) is 0.343. The van der Waals surface area contributed by atoms with E-state index in [1.54, 1.807) is 6.07 Å². The second-order valence-corrected chi connectivity index (χ2v) is 7.61. The van der Waals surface area contributed by atoms with Gasteiger partial charge in [0.2, 0.25) is 0 Å². The number of hydrogen-bond donors (Lipinski definition) is 3. The molecule has 0 aliphatic carbocycles. The zero-order valence-electron chi connectivity index (χ0n) is 12.5. The van der Waals surface area contributed by atoms with Crippen molar-refractivity contribution in [2.45, 2.75) is 12.3 Å².